The molecule has 2 aliphatic rings. The molecule has 2 N–H and O–H groups in total. The first kappa shape index (κ1) is 26.1. The third-order valence-electron chi connectivity index (χ3n) is 7.43. The van der Waals surface area contributed by atoms with Crippen molar-refractivity contribution in [3.63, 3.8) is 0 Å². The number of fused-ring (bicyclic) bond motifs is 2. The highest BCUT2D eigenvalue weighted by Gasteiger charge is 2.43. The molecule has 0 radical (unpaired) electrons. The van der Waals surface area contributed by atoms with Crippen molar-refractivity contribution >= 4 is 22.7 Å². The van der Waals surface area contributed by atoms with Crippen LogP contribution < -0.4 is 4.74 Å². The molecule has 2 unspecified atom stereocenters. The minimum atomic E-state index is -1.10. The van der Waals surface area contributed by atoms with Crippen molar-refractivity contribution in [3.8, 4) is 11.5 Å². The molecular weight excluding hydrogens is 495 g/mol. The number of hydroxylamine groups is 3. The standard InChI is InChI=1S/C27H33FN4O4S/c1-30-11-14-32(35,15-12-30)13-4-16-37-27-22-21(24(33)23-20(25(22)36-2)5-3-10-29-23)26(34)31(27)17-18-6-8-19(28)9-7-18/h3,5-10,26-27,33-34H,4,11-17H2,1-2H3. The van der Waals surface area contributed by atoms with E-state index in [0.29, 0.717) is 59.7 Å². The number of aromatic hydroxyl groups is 1. The number of rotatable bonds is 8. The number of halogens is 1. The summed E-state index contributed by atoms with van der Waals surface area (Å²) in [7, 11) is 3.62. The van der Waals surface area contributed by atoms with Gasteiger partial charge in [0.25, 0.3) is 0 Å². The Kier molecular flexibility index (Phi) is 7.58. The fourth-order valence-electron chi connectivity index (χ4n) is 5.34. The Hall–Kier alpha value is -2.47. The van der Waals surface area contributed by atoms with Gasteiger partial charge in [-0.05, 0) is 36.9 Å². The molecule has 1 saturated heterocycles. The van der Waals surface area contributed by atoms with E-state index < -0.39 is 6.23 Å². The second-order valence-electron chi connectivity index (χ2n) is 9.89. The van der Waals surface area contributed by atoms with E-state index in [4.69, 9.17) is 4.74 Å². The van der Waals surface area contributed by atoms with Crippen molar-refractivity contribution in [2.45, 2.75) is 24.6 Å². The number of likely N-dealkylation sites (N-methyl/N-ethyl adjacent to an activating group) is 1. The van der Waals surface area contributed by atoms with Gasteiger partial charge in [-0.15, -0.1) is 11.8 Å². The number of methoxy groups -OCH3 is 1. The maximum absolute atomic E-state index is 13.5. The highest BCUT2D eigenvalue weighted by atomic mass is 32.2. The Balaban J connectivity index is 1.44. The van der Waals surface area contributed by atoms with Gasteiger partial charge >= 0.3 is 0 Å². The molecule has 198 valence electrons. The summed E-state index contributed by atoms with van der Waals surface area (Å²) in [6.07, 6.45) is 1.22. The molecule has 0 spiro atoms. The fraction of sp³-hybridized carbons (Fsp3) is 0.444. The molecule has 37 heavy (non-hydrogen) atoms. The second kappa shape index (κ2) is 10.7. The molecule has 1 aromatic heterocycles. The zero-order valence-corrected chi connectivity index (χ0v) is 22.0. The number of aliphatic hydroxyl groups is 1. The van der Waals surface area contributed by atoms with Gasteiger partial charge in [0.15, 0.2) is 0 Å². The van der Waals surface area contributed by atoms with Crippen LogP contribution in [0.2, 0.25) is 0 Å². The van der Waals surface area contributed by atoms with E-state index >= 15 is 0 Å². The summed E-state index contributed by atoms with van der Waals surface area (Å²) in [4.78, 5) is 8.40. The quantitative estimate of drug-likeness (QED) is 0.258. The molecule has 2 atom stereocenters. The predicted octanol–water partition coefficient (Wildman–Crippen LogP) is 3.98. The third-order valence-corrected chi connectivity index (χ3v) is 8.78. The van der Waals surface area contributed by atoms with Crippen molar-refractivity contribution in [1.29, 1.82) is 0 Å². The molecule has 10 heteroatoms. The summed E-state index contributed by atoms with van der Waals surface area (Å²) in [5, 5.41) is 36.1. The Bertz CT molecular complexity index is 1250. The first-order valence-corrected chi connectivity index (χ1v) is 13.6. The molecule has 2 aliphatic heterocycles. The monoisotopic (exact) mass is 528 g/mol. The molecule has 3 heterocycles. The van der Waals surface area contributed by atoms with E-state index in [1.165, 1.54) is 12.1 Å². The van der Waals surface area contributed by atoms with Gasteiger partial charge in [-0.3, -0.25) is 14.8 Å². The Morgan fingerprint density at radius 1 is 1.19 bits per heavy atom. The highest BCUT2D eigenvalue weighted by Crippen LogP contribution is 2.56. The maximum Gasteiger partial charge on any atom is 0.149 e. The third kappa shape index (κ3) is 5.14. The number of thioether (sulfide) groups is 1. The molecule has 5 rings (SSSR count). The first-order chi connectivity index (χ1) is 17.8. The zero-order valence-electron chi connectivity index (χ0n) is 21.1. The van der Waals surface area contributed by atoms with E-state index in [1.54, 1.807) is 43.3 Å². The van der Waals surface area contributed by atoms with E-state index in [0.717, 1.165) is 25.1 Å². The lowest BCUT2D eigenvalue weighted by Crippen LogP contribution is -2.55. The number of piperazine rings is 1. The van der Waals surface area contributed by atoms with Crippen LogP contribution in [0.3, 0.4) is 0 Å². The van der Waals surface area contributed by atoms with Crippen LogP contribution in [0.4, 0.5) is 4.39 Å². The zero-order chi connectivity index (χ0) is 26.2. The Morgan fingerprint density at radius 2 is 1.92 bits per heavy atom. The summed E-state index contributed by atoms with van der Waals surface area (Å²) >= 11 is 1.62. The number of hydrogen-bond donors (Lipinski definition) is 2. The van der Waals surface area contributed by atoms with Crippen molar-refractivity contribution in [2.75, 3.05) is 52.6 Å². The molecule has 0 aliphatic carbocycles. The maximum atomic E-state index is 13.5. The lowest BCUT2D eigenvalue weighted by Gasteiger charge is -2.47. The van der Waals surface area contributed by atoms with Crippen LogP contribution >= 0.6 is 11.8 Å². The number of pyridine rings is 1. The lowest BCUT2D eigenvalue weighted by atomic mass is 10.0. The number of benzene rings is 2. The van der Waals surface area contributed by atoms with Crippen molar-refractivity contribution in [3.05, 3.63) is 70.3 Å². The Morgan fingerprint density at radius 3 is 2.62 bits per heavy atom. The fourth-order valence-corrected chi connectivity index (χ4v) is 6.64. The minimum Gasteiger partial charge on any atom is -0.633 e. The molecule has 0 bridgehead atoms. The highest BCUT2D eigenvalue weighted by molar-refractivity contribution is 7.99. The van der Waals surface area contributed by atoms with E-state index in [2.05, 4.69) is 9.88 Å². The normalized spacial score (nSPS) is 21.9. The van der Waals surface area contributed by atoms with Gasteiger partial charge in [-0.1, -0.05) is 12.1 Å². The largest absolute Gasteiger partial charge is 0.633 e. The van der Waals surface area contributed by atoms with Gasteiger partial charge in [0, 0.05) is 54.5 Å². The van der Waals surface area contributed by atoms with Gasteiger partial charge in [0.2, 0.25) is 0 Å². The average Bonchev–Trinajstić information content (AvgIpc) is 3.17. The number of aromatic nitrogens is 1. The van der Waals surface area contributed by atoms with Crippen LogP contribution in [0.15, 0.2) is 42.6 Å². The van der Waals surface area contributed by atoms with Crippen LogP contribution in [0.1, 0.15) is 34.7 Å². The Labute approximate surface area is 220 Å². The van der Waals surface area contributed by atoms with Crippen LogP contribution in [0.5, 0.6) is 11.5 Å². The SMILES string of the molecule is COc1c2c(c(O)c3ncccc13)C(O)N(Cc1ccc(F)cc1)C2SCCC[N+]1([O-])CCN(C)CC1. The number of quaternary nitrogens is 1. The predicted molar refractivity (Wildman–Crippen MR) is 142 cm³/mol. The van der Waals surface area contributed by atoms with Gasteiger partial charge in [0.1, 0.15) is 29.1 Å². The van der Waals surface area contributed by atoms with E-state index in [-0.39, 0.29) is 21.6 Å². The summed E-state index contributed by atoms with van der Waals surface area (Å²) in [6.45, 7) is 3.70. The molecule has 2 aromatic carbocycles. The number of aliphatic hydroxyl groups excluding tert-OH is 1. The lowest BCUT2D eigenvalue weighted by molar-refractivity contribution is -0.884. The minimum absolute atomic E-state index is 0.0624. The molecule has 0 saturated carbocycles. The number of hydrogen-bond acceptors (Lipinski definition) is 8. The van der Waals surface area contributed by atoms with Crippen LogP contribution in [-0.4, -0.2) is 82.3 Å². The smallest absolute Gasteiger partial charge is 0.149 e. The number of nitrogens with zero attached hydrogens (tertiary/aromatic N) is 4. The van der Waals surface area contributed by atoms with E-state index in [1.807, 2.05) is 18.0 Å². The van der Waals surface area contributed by atoms with Crippen molar-refractivity contribution in [2.24, 2.45) is 0 Å². The van der Waals surface area contributed by atoms with Gasteiger partial charge in [-0.2, -0.15) is 0 Å². The van der Waals surface area contributed by atoms with Crippen molar-refractivity contribution < 1.29 is 24.0 Å². The number of phenols is 1. The van der Waals surface area contributed by atoms with Crippen molar-refractivity contribution in [1.82, 2.24) is 14.8 Å². The van der Waals surface area contributed by atoms with Crippen LogP contribution in [0, 0.1) is 11.0 Å². The van der Waals surface area contributed by atoms with Crippen LogP contribution in [0.25, 0.3) is 10.9 Å². The molecule has 1 fully saturated rings. The molecule has 0 amide bonds. The number of ether oxygens (including phenoxy) is 1. The average molecular weight is 529 g/mol. The second-order valence-corrected chi connectivity index (χ2v) is 11.1. The summed E-state index contributed by atoms with van der Waals surface area (Å²) in [5.41, 5.74) is 2.30. The van der Waals surface area contributed by atoms with Gasteiger partial charge in [-0.25, -0.2) is 4.39 Å². The topological polar surface area (TPSA) is 92.1 Å². The summed E-state index contributed by atoms with van der Waals surface area (Å²) in [5.74, 6) is 0.882. The first-order valence-electron chi connectivity index (χ1n) is 12.5. The number of phenolic OH excluding ortho intramolecular Hbond substituents is 1. The summed E-state index contributed by atoms with van der Waals surface area (Å²) in [6, 6.07) is 9.82. The van der Waals surface area contributed by atoms with E-state index in [9.17, 15) is 19.8 Å². The molecule has 8 nitrogen and oxygen atoms in total. The van der Waals surface area contributed by atoms with Gasteiger partial charge in [0.05, 0.1) is 32.1 Å². The molecule has 3 aromatic rings. The van der Waals surface area contributed by atoms with Gasteiger partial charge < -0.3 is 24.8 Å². The molecular formula is C27H33FN4O4S. The summed E-state index contributed by atoms with van der Waals surface area (Å²) < 4.78 is 19.2. The van der Waals surface area contributed by atoms with Crippen LogP contribution in [-0.2, 0) is 6.54 Å².